The van der Waals surface area contributed by atoms with E-state index in [0.717, 1.165) is 17.1 Å². The van der Waals surface area contributed by atoms with E-state index in [1.54, 1.807) is 0 Å². The first kappa shape index (κ1) is 13.0. The average Bonchev–Trinajstić information content (AvgIpc) is 2.96. The van der Waals surface area contributed by atoms with Gasteiger partial charge in [-0.3, -0.25) is 19.6 Å². The summed E-state index contributed by atoms with van der Waals surface area (Å²) >= 11 is 0. The van der Waals surface area contributed by atoms with Crippen LogP contribution in [0.1, 0.15) is 12.8 Å². The average molecular weight is 268 g/mol. The van der Waals surface area contributed by atoms with Crippen molar-refractivity contribution in [3.05, 3.63) is 22.5 Å². The van der Waals surface area contributed by atoms with Crippen molar-refractivity contribution in [3.8, 4) is 0 Å². The number of carbonyl (C=O) groups excluding carboxylic acids is 1. The van der Waals surface area contributed by atoms with Crippen LogP contribution < -0.4 is 0 Å². The molecule has 1 atom stereocenters. The minimum absolute atomic E-state index is 0.197. The van der Waals surface area contributed by atoms with Crippen LogP contribution in [0.3, 0.4) is 0 Å². The Morgan fingerprint density at radius 2 is 2.32 bits per heavy atom. The van der Waals surface area contributed by atoms with E-state index < -0.39 is 22.8 Å². The van der Waals surface area contributed by atoms with E-state index in [4.69, 9.17) is 5.11 Å². The normalized spacial score (nSPS) is 18.5. The van der Waals surface area contributed by atoms with Crippen molar-refractivity contribution in [2.75, 3.05) is 6.54 Å². The molecule has 2 heterocycles. The fourth-order valence-corrected chi connectivity index (χ4v) is 2.08. The van der Waals surface area contributed by atoms with Crippen molar-refractivity contribution in [2.45, 2.75) is 25.4 Å². The van der Waals surface area contributed by atoms with Crippen LogP contribution in [0.4, 0.5) is 5.69 Å². The Morgan fingerprint density at radius 3 is 2.89 bits per heavy atom. The van der Waals surface area contributed by atoms with Gasteiger partial charge in [0.15, 0.2) is 0 Å². The largest absolute Gasteiger partial charge is 0.480 e. The molecule has 0 spiro atoms. The standard InChI is InChI=1S/C10H12N4O5/c15-9(13-3-1-2-8(13)10(16)17)6-12-5-7(4-11-12)14(18)19/h4-5,8H,1-3,6H2,(H,16,17)/t8-/m1/s1. The van der Waals surface area contributed by atoms with Crippen molar-refractivity contribution < 1.29 is 19.6 Å². The molecule has 102 valence electrons. The van der Waals surface area contributed by atoms with Crippen LogP contribution in [0.15, 0.2) is 12.4 Å². The minimum Gasteiger partial charge on any atom is -0.480 e. The van der Waals surface area contributed by atoms with Gasteiger partial charge < -0.3 is 10.0 Å². The molecule has 0 radical (unpaired) electrons. The summed E-state index contributed by atoms with van der Waals surface area (Å²) in [6.07, 6.45) is 3.26. The number of carboxylic acids is 1. The molecule has 0 aromatic carbocycles. The summed E-state index contributed by atoms with van der Waals surface area (Å²) in [4.78, 5) is 34.0. The van der Waals surface area contributed by atoms with Crippen LogP contribution in [0.5, 0.6) is 0 Å². The molecule has 19 heavy (non-hydrogen) atoms. The Bertz CT molecular complexity index is 526. The third-order valence-electron chi connectivity index (χ3n) is 2.99. The maximum atomic E-state index is 11.9. The summed E-state index contributed by atoms with van der Waals surface area (Å²) in [5.74, 6) is -1.43. The van der Waals surface area contributed by atoms with Crippen LogP contribution in [0, 0.1) is 10.1 Å². The highest BCUT2D eigenvalue weighted by molar-refractivity contribution is 5.84. The van der Waals surface area contributed by atoms with Crippen molar-refractivity contribution in [2.24, 2.45) is 0 Å². The SMILES string of the molecule is O=C(O)[C@H]1CCCN1C(=O)Cn1cc([N+](=O)[O-])cn1. The fraction of sp³-hybridized carbons (Fsp3) is 0.500. The topological polar surface area (TPSA) is 119 Å². The Hall–Kier alpha value is -2.45. The molecule has 0 bridgehead atoms. The molecule has 1 amide bonds. The molecule has 2 rings (SSSR count). The van der Waals surface area contributed by atoms with E-state index in [-0.39, 0.29) is 12.2 Å². The second kappa shape index (κ2) is 5.04. The van der Waals surface area contributed by atoms with Gasteiger partial charge in [-0.1, -0.05) is 0 Å². The maximum absolute atomic E-state index is 11.9. The molecule has 9 heteroatoms. The summed E-state index contributed by atoms with van der Waals surface area (Å²) in [6, 6.07) is -0.807. The molecule has 0 saturated carbocycles. The van der Waals surface area contributed by atoms with Crippen molar-refractivity contribution in [1.82, 2.24) is 14.7 Å². The molecule has 1 aromatic heterocycles. The third kappa shape index (κ3) is 2.69. The second-order valence-electron chi connectivity index (χ2n) is 4.24. The number of hydrogen-bond acceptors (Lipinski definition) is 5. The first-order valence-electron chi connectivity index (χ1n) is 5.68. The second-order valence-corrected chi connectivity index (χ2v) is 4.24. The highest BCUT2D eigenvalue weighted by Crippen LogP contribution is 2.18. The fourth-order valence-electron chi connectivity index (χ4n) is 2.08. The van der Waals surface area contributed by atoms with Gasteiger partial charge in [0.1, 0.15) is 25.0 Å². The van der Waals surface area contributed by atoms with Crippen molar-refractivity contribution in [3.63, 3.8) is 0 Å². The number of amides is 1. The van der Waals surface area contributed by atoms with Crippen LogP contribution in [0.25, 0.3) is 0 Å². The molecule has 1 aromatic rings. The van der Waals surface area contributed by atoms with Gasteiger partial charge >= 0.3 is 11.7 Å². The highest BCUT2D eigenvalue weighted by atomic mass is 16.6. The number of aromatic nitrogens is 2. The Kier molecular flexibility index (Phi) is 3.45. The van der Waals surface area contributed by atoms with E-state index in [1.807, 2.05) is 0 Å². The van der Waals surface area contributed by atoms with Gasteiger partial charge in [-0.05, 0) is 12.8 Å². The van der Waals surface area contributed by atoms with Gasteiger partial charge in [-0.2, -0.15) is 5.10 Å². The smallest absolute Gasteiger partial charge is 0.326 e. The Morgan fingerprint density at radius 1 is 1.58 bits per heavy atom. The van der Waals surface area contributed by atoms with Crippen LogP contribution in [-0.2, 0) is 16.1 Å². The molecular formula is C10H12N4O5. The summed E-state index contributed by atoms with van der Waals surface area (Å²) in [5.41, 5.74) is -0.205. The number of rotatable bonds is 4. The number of carbonyl (C=O) groups is 2. The van der Waals surface area contributed by atoms with E-state index in [9.17, 15) is 19.7 Å². The first-order chi connectivity index (χ1) is 8.99. The molecule has 0 unspecified atom stereocenters. The highest BCUT2D eigenvalue weighted by Gasteiger charge is 2.33. The van der Waals surface area contributed by atoms with Crippen molar-refractivity contribution >= 4 is 17.6 Å². The first-order valence-corrected chi connectivity index (χ1v) is 5.68. The monoisotopic (exact) mass is 268 g/mol. The van der Waals surface area contributed by atoms with E-state index in [0.29, 0.717) is 19.4 Å². The summed E-state index contributed by atoms with van der Waals surface area (Å²) in [6.45, 7) is 0.191. The number of aliphatic carboxylic acids is 1. The zero-order valence-corrected chi connectivity index (χ0v) is 9.93. The van der Waals surface area contributed by atoms with Gasteiger partial charge in [-0.25, -0.2) is 4.79 Å². The predicted molar refractivity (Wildman–Crippen MR) is 61.3 cm³/mol. The van der Waals surface area contributed by atoms with Gasteiger partial charge in [0, 0.05) is 6.54 Å². The number of nitrogens with zero attached hydrogens (tertiary/aromatic N) is 4. The molecule has 9 nitrogen and oxygen atoms in total. The zero-order valence-electron chi connectivity index (χ0n) is 9.93. The molecule has 1 fully saturated rings. The van der Waals surface area contributed by atoms with Crippen LogP contribution >= 0.6 is 0 Å². The zero-order chi connectivity index (χ0) is 14.0. The number of hydrogen-bond donors (Lipinski definition) is 1. The number of nitro groups is 1. The molecular weight excluding hydrogens is 256 g/mol. The van der Waals surface area contributed by atoms with Gasteiger partial charge in [0.25, 0.3) is 0 Å². The van der Waals surface area contributed by atoms with Gasteiger partial charge in [-0.15, -0.1) is 0 Å². The van der Waals surface area contributed by atoms with Crippen LogP contribution in [0.2, 0.25) is 0 Å². The quantitative estimate of drug-likeness (QED) is 0.600. The molecule has 1 saturated heterocycles. The van der Waals surface area contributed by atoms with E-state index in [2.05, 4.69) is 5.10 Å². The number of likely N-dealkylation sites (tertiary alicyclic amines) is 1. The summed E-state index contributed by atoms with van der Waals surface area (Å²) in [7, 11) is 0. The maximum Gasteiger partial charge on any atom is 0.326 e. The lowest BCUT2D eigenvalue weighted by molar-refractivity contribution is -0.385. The summed E-state index contributed by atoms with van der Waals surface area (Å²) < 4.78 is 1.14. The number of carboxylic acid groups (broad SMARTS) is 1. The molecule has 1 N–H and O–H groups in total. The third-order valence-corrected chi connectivity index (χ3v) is 2.99. The molecule has 1 aliphatic heterocycles. The van der Waals surface area contributed by atoms with E-state index in [1.165, 1.54) is 4.90 Å². The van der Waals surface area contributed by atoms with Gasteiger partial charge in [0.05, 0.1) is 4.92 Å². The molecule has 1 aliphatic rings. The molecule has 0 aliphatic carbocycles. The minimum atomic E-state index is -1.03. The lowest BCUT2D eigenvalue weighted by Crippen LogP contribution is -2.42. The van der Waals surface area contributed by atoms with Crippen molar-refractivity contribution in [1.29, 1.82) is 0 Å². The lowest BCUT2D eigenvalue weighted by Gasteiger charge is -2.21. The summed E-state index contributed by atoms with van der Waals surface area (Å²) in [5, 5.41) is 23.1. The lowest BCUT2D eigenvalue weighted by atomic mass is 10.2. The predicted octanol–water partition coefficient (Wildman–Crippen LogP) is -0.133. The Balaban J connectivity index is 2.04. The van der Waals surface area contributed by atoms with Crippen LogP contribution in [-0.4, -0.2) is 49.2 Å². The van der Waals surface area contributed by atoms with E-state index >= 15 is 0 Å². The Labute approximate surface area is 107 Å². The van der Waals surface area contributed by atoms with Gasteiger partial charge in [0.2, 0.25) is 5.91 Å².